The van der Waals surface area contributed by atoms with Gasteiger partial charge in [0, 0.05) is 11.8 Å². The highest BCUT2D eigenvalue weighted by atomic mass is 19.1. The zero-order valence-corrected chi connectivity index (χ0v) is 10.9. The highest BCUT2D eigenvalue weighted by molar-refractivity contribution is 5.99. The molecule has 0 atom stereocenters. The molecule has 2 amide bonds. The third-order valence-electron chi connectivity index (χ3n) is 2.44. The molecular formula is C15H12FN3O2. The molecule has 1 heterocycles. The van der Waals surface area contributed by atoms with Gasteiger partial charge in [-0.05, 0) is 24.3 Å². The first kappa shape index (κ1) is 14.5. The minimum absolute atomic E-state index is 0.0752. The lowest BCUT2D eigenvalue weighted by Gasteiger charge is -2.07. The van der Waals surface area contributed by atoms with Crippen LogP contribution in [0, 0.1) is 17.7 Å². The maximum Gasteiger partial charge on any atom is 0.324 e. The van der Waals surface area contributed by atoms with Crippen LogP contribution in [-0.2, 0) is 0 Å². The molecule has 0 aliphatic heterocycles. The normalized spacial score (nSPS) is 9.43. The Balaban J connectivity index is 2.04. The van der Waals surface area contributed by atoms with E-state index < -0.39 is 11.8 Å². The average molecular weight is 285 g/mol. The summed E-state index contributed by atoms with van der Waals surface area (Å²) in [6, 6.07) is 8.42. The molecule has 0 aliphatic rings. The molecule has 106 valence electrons. The molecule has 0 saturated carbocycles. The van der Waals surface area contributed by atoms with Crippen LogP contribution in [0.25, 0.3) is 0 Å². The Labute approximate surface area is 120 Å². The van der Waals surface area contributed by atoms with Crippen molar-refractivity contribution in [1.29, 1.82) is 0 Å². The molecule has 0 unspecified atom stereocenters. The number of hydrogen-bond acceptors (Lipinski definition) is 3. The van der Waals surface area contributed by atoms with Crippen molar-refractivity contribution < 1.29 is 14.3 Å². The fourth-order valence-electron chi connectivity index (χ4n) is 1.55. The molecular weight excluding hydrogens is 273 g/mol. The van der Waals surface area contributed by atoms with Crippen LogP contribution in [0.3, 0.4) is 0 Å². The summed E-state index contributed by atoms with van der Waals surface area (Å²) in [4.78, 5) is 15.7. The Morgan fingerprint density at radius 1 is 1.29 bits per heavy atom. The van der Waals surface area contributed by atoms with Crippen LogP contribution in [0.1, 0.15) is 5.56 Å². The second-order valence-electron chi connectivity index (χ2n) is 3.95. The van der Waals surface area contributed by atoms with Crippen LogP contribution in [0.5, 0.6) is 0 Å². The minimum atomic E-state index is -0.611. The fourth-order valence-corrected chi connectivity index (χ4v) is 1.55. The van der Waals surface area contributed by atoms with Crippen LogP contribution < -0.4 is 10.6 Å². The maximum atomic E-state index is 13.4. The standard InChI is InChI=1S/C15H12FN3O2/c16-12-5-1-2-6-13(12)18-15(21)19-14-10-11(4-3-9-20)7-8-17-14/h1-2,5-8,10,20H,9H2,(H2,17,18,19,21). The molecule has 2 aromatic rings. The SMILES string of the molecule is O=C(Nc1cc(C#CCO)ccn1)Nc1ccccc1F. The van der Waals surface area contributed by atoms with Crippen molar-refractivity contribution in [2.75, 3.05) is 17.2 Å². The summed E-state index contributed by atoms with van der Waals surface area (Å²) in [6.45, 7) is -0.251. The number of anilines is 2. The van der Waals surface area contributed by atoms with Gasteiger partial charge in [-0.15, -0.1) is 0 Å². The van der Waals surface area contributed by atoms with E-state index in [1.807, 2.05) is 0 Å². The average Bonchev–Trinajstić information content (AvgIpc) is 2.48. The monoisotopic (exact) mass is 285 g/mol. The number of halogens is 1. The Bertz CT molecular complexity index is 707. The van der Waals surface area contributed by atoms with Crippen molar-refractivity contribution in [3.8, 4) is 11.8 Å². The van der Waals surface area contributed by atoms with E-state index in [2.05, 4.69) is 27.5 Å². The molecule has 0 bridgehead atoms. The van der Waals surface area contributed by atoms with E-state index in [0.29, 0.717) is 5.56 Å². The van der Waals surface area contributed by atoms with Crippen molar-refractivity contribution in [3.63, 3.8) is 0 Å². The number of para-hydroxylation sites is 1. The third-order valence-corrected chi connectivity index (χ3v) is 2.44. The smallest absolute Gasteiger partial charge is 0.324 e. The van der Waals surface area contributed by atoms with Gasteiger partial charge in [0.05, 0.1) is 5.69 Å². The van der Waals surface area contributed by atoms with Crippen LogP contribution >= 0.6 is 0 Å². The number of aromatic nitrogens is 1. The maximum absolute atomic E-state index is 13.4. The lowest BCUT2D eigenvalue weighted by Crippen LogP contribution is -2.20. The summed E-state index contributed by atoms with van der Waals surface area (Å²) < 4.78 is 13.4. The van der Waals surface area contributed by atoms with Crippen LogP contribution in [0.15, 0.2) is 42.6 Å². The molecule has 1 aromatic heterocycles. The molecule has 0 aliphatic carbocycles. The largest absolute Gasteiger partial charge is 0.384 e. The number of pyridine rings is 1. The number of urea groups is 1. The van der Waals surface area contributed by atoms with Crippen molar-refractivity contribution in [2.24, 2.45) is 0 Å². The second-order valence-corrected chi connectivity index (χ2v) is 3.95. The predicted octanol–water partition coefficient (Wildman–Crippen LogP) is 2.21. The molecule has 0 spiro atoms. The zero-order chi connectivity index (χ0) is 15.1. The Kier molecular flexibility index (Phi) is 4.85. The molecule has 1 aromatic carbocycles. The predicted molar refractivity (Wildman–Crippen MR) is 77.2 cm³/mol. The molecule has 0 radical (unpaired) electrons. The quantitative estimate of drug-likeness (QED) is 0.741. The number of aliphatic hydroxyl groups is 1. The van der Waals surface area contributed by atoms with Crippen LogP contribution in [0.2, 0.25) is 0 Å². The highest BCUT2D eigenvalue weighted by Gasteiger charge is 2.06. The van der Waals surface area contributed by atoms with Crippen molar-refractivity contribution in [2.45, 2.75) is 0 Å². The molecule has 6 heteroatoms. The number of nitrogens with zero attached hydrogens (tertiary/aromatic N) is 1. The van der Waals surface area contributed by atoms with Crippen molar-refractivity contribution in [3.05, 3.63) is 54.0 Å². The van der Waals surface area contributed by atoms with Gasteiger partial charge in [0.2, 0.25) is 0 Å². The highest BCUT2D eigenvalue weighted by Crippen LogP contribution is 2.13. The summed E-state index contributed by atoms with van der Waals surface area (Å²) in [7, 11) is 0. The fraction of sp³-hybridized carbons (Fsp3) is 0.0667. The first-order valence-electron chi connectivity index (χ1n) is 6.07. The summed E-state index contributed by atoms with van der Waals surface area (Å²) >= 11 is 0. The minimum Gasteiger partial charge on any atom is -0.384 e. The molecule has 3 N–H and O–H groups in total. The zero-order valence-electron chi connectivity index (χ0n) is 10.9. The van der Waals surface area contributed by atoms with Crippen LogP contribution in [-0.4, -0.2) is 22.7 Å². The summed E-state index contributed by atoms with van der Waals surface area (Å²) in [6.07, 6.45) is 1.47. The van der Waals surface area contributed by atoms with E-state index in [-0.39, 0.29) is 18.1 Å². The van der Waals surface area contributed by atoms with E-state index >= 15 is 0 Å². The molecule has 0 saturated heterocycles. The molecule has 21 heavy (non-hydrogen) atoms. The van der Waals surface area contributed by atoms with Gasteiger partial charge >= 0.3 is 6.03 Å². The van der Waals surface area contributed by atoms with Gasteiger partial charge in [-0.1, -0.05) is 24.0 Å². The number of hydrogen-bond donors (Lipinski definition) is 3. The molecule has 5 nitrogen and oxygen atoms in total. The topological polar surface area (TPSA) is 74.2 Å². The first-order chi connectivity index (χ1) is 10.2. The Morgan fingerprint density at radius 3 is 2.86 bits per heavy atom. The summed E-state index contributed by atoms with van der Waals surface area (Å²) in [5.41, 5.74) is 0.673. The van der Waals surface area contributed by atoms with Gasteiger partial charge in [-0.3, -0.25) is 5.32 Å². The molecule has 2 rings (SSSR count). The second kappa shape index (κ2) is 7.03. The third kappa shape index (κ3) is 4.30. The number of rotatable bonds is 2. The van der Waals surface area contributed by atoms with E-state index in [1.54, 1.807) is 18.2 Å². The summed E-state index contributed by atoms with van der Waals surface area (Å²) in [5, 5.41) is 13.5. The van der Waals surface area contributed by atoms with Gasteiger partial charge in [-0.2, -0.15) is 0 Å². The van der Waals surface area contributed by atoms with E-state index in [0.717, 1.165) is 0 Å². The van der Waals surface area contributed by atoms with Gasteiger partial charge in [0.1, 0.15) is 18.2 Å². The van der Waals surface area contributed by atoms with Gasteiger partial charge < -0.3 is 10.4 Å². The van der Waals surface area contributed by atoms with Crippen LogP contribution in [0.4, 0.5) is 20.7 Å². The van der Waals surface area contributed by atoms with E-state index in [9.17, 15) is 9.18 Å². The van der Waals surface area contributed by atoms with Crippen molar-refractivity contribution >= 4 is 17.5 Å². The lowest BCUT2D eigenvalue weighted by molar-refractivity contribution is 0.262. The molecule has 0 fully saturated rings. The Morgan fingerprint density at radius 2 is 2.10 bits per heavy atom. The summed E-state index contributed by atoms with van der Waals surface area (Å²) in [5.74, 6) is 4.93. The van der Waals surface area contributed by atoms with E-state index in [1.165, 1.54) is 24.4 Å². The van der Waals surface area contributed by atoms with E-state index in [4.69, 9.17) is 5.11 Å². The Hall–Kier alpha value is -2.91. The van der Waals surface area contributed by atoms with Gasteiger partial charge in [0.15, 0.2) is 0 Å². The lowest BCUT2D eigenvalue weighted by atomic mass is 10.2. The number of nitrogens with one attached hydrogen (secondary N) is 2. The van der Waals surface area contributed by atoms with Gasteiger partial charge in [-0.25, -0.2) is 14.2 Å². The number of benzene rings is 1. The van der Waals surface area contributed by atoms with Crippen molar-refractivity contribution in [1.82, 2.24) is 4.98 Å². The number of carbonyl (C=O) groups is 1. The number of carbonyl (C=O) groups excluding carboxylic acids is 1. The van der Waals surface area contributed by atoms with Gasteiger partial charge in [0.25, 0.3) is 0 Å². The first-order valence-corrected chi connectivity index (χ1v) is 6.07. The number of aliphatic hydroxyl groups excluding tert-OH is 1. The number of amides is 2.